The average molecular weight is 487 g/mol. The second-order valence-corrected chi connectivity index (χ2v) is 7.63. The van der Waals surface area contributed by atoms with Gasteiger partial charge < -0.3 is 14.8 Å². The molecule has 0 radical (unpaired) electrons. The summed E-state index contributed by atoms with van der Waals surface area (Å²) in [5.41, 5.74) is 2.78. The number of rotatable bonds is 7. The molecule has 0 aliphatic rings. The maximum atomic E-state index is 13.9. The molecule has 0 saturated heterocycles. The first kappa shape index (κ1) is 24.3. The number of halogens is 1. The summed E-state index contributed by atoms with van der Waals surface area (Å²) in [4.78, 5) is 36.7. The van der Waals surface area contributed by atoms with Crippen molar-refractivity contribution in [3.05, 3.63) is 102 Å². The summed E-state index contributed by atoms with van der Waals surface area (Å²) in [5, 5.41) is 7.15. The van der Waals surface area contributed by atoms with E-state index in [2.05, 4.69) is 15.2 Å². The van der Waals surface area contributed by atoms with Gasteiger partial charge in [-0.2, -0.15) is 5.10 Å². The largest absolute Gasteiger partial charge is 0.465 e. The number of amides is 1. The topological polar surface area (TPSA) is 99.5 Å². The lowest BCUT2D eigenvalue weighted by Gasteiger charge is -2.10. The second kappa shape index (κ2) is 10.6. The minimum absolute atomic E-state index is 0.0660. The number of aromatic nitrogens is 2. The van der Waals surface area contributed by atoms with E-state index >= 15 is 0 Å². The fraction of sp³-hybridized carbons (Fsp3) is 0.111. The molecule has 0 spiro atoms. The molecule has 0 saturated carbocycles. The quantitative estimate of drug-likeness (QED) is 0.373. The van der Waals surface area contributed by atoms with Gasteiger partial charge in [0.2, 0.25) is 0 Å². The average Bonchev–Trinajstić information content (AvgIpc) is 3.34. The van der Waals surface area contributed by atoms with Crippen LogP contribution in [0.4, 0.5) is 10.1 Å². The number of nitrogens with zero attached hydrogens (tertiary/aromatic N) is 2. The molecule has 4 aromatic rings. The van der Waals surface area contributed by atoms with Crippen molar-refractivity contribution >= 4 is 23.5 Å². The molecule has 36 heavy (non-hydrogen) atoms. The third kappa shape index (κ3) is 5.30. The highest BCUT2D eigenvalue weighted by Crippen LogP contribution is 2.27. The van der Waals surface area contributed by atoms with E-state index in [-0.39, 0.29) is 18.2 Å². The van der Waals surface area contributed by atoms with Gasteiger partial charge in [-0.25, -0.2) is 18.7 Å². The highest BCUT2D eigenvalue weighted by atomic mass is 19.1. The van der Waals surface area contributed by atoms with Crippen molar-refractivity contribution < 1.29 is 28.2 Å². The number of ether oxygens (including phenoxy) is 2. The maximum absolute atomic E-state index is 13.9. The Labute approximate surface area is 206 Å². The van der Waals surface area contributed by atoms with Gasteiger partial charge in [0.15, 0.2) is 5.69 Å². The van der Waals surface area contributed by atoms with Crippen LogP contribution in [0.5, 0.6) is 0 Å². The van der Waals surface area contributed by atoms with Crippen molar-refractivity contribution in [2.45, 2.75) is 6.92 Å². The maximum Gasteiger partial charge on any atom is 0.358 e. The van der Waals surface area contributed by atoms with E-state index in [9.17, 15) is 18.8 Å². The molecule has 0 aliphatic heterocycles. The zero-order chi connectivity index (χ0) is 25.7. The summed E-state index contributed by atoms with van der Waals surface area (Å²) in [6.45, 7) is 1.88. The third-order valence-electron chi connectivity index (χ3n) is 5.23. The number of anilines is 1. The summed E-state index contributed by atoms with van der Waals surface area (Å²) in [6.07, 6.45) is 0. The Bertz CT molecular complexity index is 1430. The van der Waals surface area contributed by atoms with Crippen LogP contribution in [-0.4, -0.2) is 41.3 Å². The molecule has 8 nitrogen and oxygen atoms in total. The van der Waals surface area contributed by atoms with E-state index in [1.54, 1.807) is 49.4 Å². The van der Waals surface area contributed by atoms with E-state index in [1.807, 2.05) is 0 Å². The Balaban J connectivity index is 1.65. The molecule has 1 amide bonds. The molecule has 1 heterocycles. The predicted molar refractivity (Wildman–Crippen MR) is 131 cm³/mol. The van der Waals surface area contributed by atoms with Gasteiger partial charge in [0, 0.05) is 16.8 Å². The SMILES string of the molecule is CCOC(=O)c1cc(-c2cccc(NC(=O)c3ccc(C(=O)OC)cc3)c2)n(-c2cccc(F)c2)n1. The molecule has 1 aromatic heterocycles. The minimum Gasteiger partial charge on any atom is -0.465 e. The summed E-state index contributed by atoms with van der Waals surface area (Å²) in [6, 6.07) is 20.4. The van der Waals surface area contributed by atoms with Crippen LogP contribution in [0.25, 0.3) is 16.9 Å². The number of hydrogen-bond acceptors (Lipinski definition) is 6. The zero-order valence-electron chi connectivity index (χ0n) is 19.5. The van der Waals surface area contributed by atoms with Crippen LogP contribution in [-0.2, 0) is 9.47 Å². The summed E-state index contributed by atoms with van der Waals surface area (Å²) in [7, 11) is 1.28. The molecule has 9 heteroatoms. The lowest BCUT2D eigenvalue weighted by molar-refractivity contribution is 0.0518. The number of hydrogen-bond donors (Lipinski definition) is 1. The summed E-state index contributed by atoms with van der Waals surface area (Å²) < 4.78 is 25.1. The van der Waals surface area contributed by atoms with Gasteiger partial charge in [-0.05, 0) is 67.6 Å². The zero-order valence-corrected chi connectivity index (χ0v) is 19.5. The fourth-order valence-corrected chi connectivity index (χ4v) is 3.53. The number of nitrogens with one attached hydrogen (secondary N) is 1. The van der Waals surface area contributed by atoms with E-state index in [0.717, 1.165) is 0 Å². The Morgan fingerprint density at radius 1 is 0.917 bits per heavy atom. The fourth-order valence-electron chi connectivity index (χ4n) is 3.53. The molecule has 3 aromatic carbocycles. The van der Waals surface area contributed by atoms with Gasteiger partial charge in [-0.3, -0.25) is 4.79 Å². The Hall–Kier alpha value is -4.79. The van der Waals surface area contributed by atoms with Crippen molar-refractivity contribution in [3.63, 3.8) is 0 Å². The number of carbonyl (C=O) groups is 3. The minimum atomic E-state index is -0.603. The summed E-state index contributed by atoms with van der Waals surface area (Å²) >= 11 is 0. The normalized spacial score (nSPS) is 10.5. The molecule has 1 N–H and O–H groups in total. The molecular formula is C27H22FN3O5. The van der Waals surface area contributed by atoms with Crippen LogP contribution in [0.3, 0.4) is 0 Å². The summed E-state index contributed by atoms with van der Waals surface area (Å²) in [5.74, 6) is -1.93. The van der Waals surface area contributed by atoms with E-state index in [1.165, 1.54) is 48.2 Å². The number of esters is 2. The molecular weight excluding hydrogens is 465 g/mol. The lowest BCUT2D eigenvalue weighted by atomic mass is 10.1. The predicted octanol–water partition coefficient (Wildman–Crippen LogP) is 4.89. The smallest absolute Gasteiger partial charge is 0.358 e. The molecule has 0 fully saturated rings. The Kier molecular flexibility index (Phi) is 7.20. The molecule has 182 valence electrons. The van der Waals surface area contributed by atoms with Crippen LogP contribution < -0.4 is 5.32 Å². The molecule has 0 atom stereocenters. The van der Waals surface area contributed by atoms with Crippen LogP contribution in [0.2, 0.25) is 0 Å². The van der Waals surface area contributed by atoms with Gasteiger partial charge in [0.25, 0.3) is 5.91 Å². The van der Waals surface area contributed by atoms with Gasteiger partial charge in [-0.15, -0.1) is 0 Å². The number of benzene rings is 3. The monoisotopic (exact) mass is 487 g/mol. The van der Waals surface area contributed by atoms with Gasteiger partial charge in [0.05, 0.1) is 30.7 Å². The highest BCUT2D eigenvalue weighted by Gasteiger charge is 2.18. The van der Waals surface area contributed by atoms with Gasteiger partial charge in [0.1, 0.15) is 5.82 Å². The molecule has 0 aliphatic carbocycles. The second-order valence-electron chi connectivity index (χ2n) is 7.63. The first-order chi connectivity index (χ1) is 17.4. The highest BCUT2D eigenvalue weighted by molar-refractivity contribution is 6.05. The third-order valence-corrected chi connectivity index (χ3v) is 5.23. The first-order valence-electron chi connectivity index (χ1n) is 11.0. The van der Waals surface area contributed by atoms with E-state index in [4.69, 9.17) is 4.74 Å². The molecule has 4 rings (SSSR count). The van der Waals surface area contributed by atoms with Crippen LogP contribution in [0.1, 0.15) is 38.1 Å². The van der Waals surface area contributed by atoms with Crippen molar-refractivity contribution in [2.75, 3.05) is 19.0 Å². The van der Waals surface area contributed by atoms with Crippen molar-refractivity contribution in [1.82, 2.24) is 9.78 Å². The Morgan fingerprint density at radius 2 is 1.64 bits per heavy atom. The van der Waals surface area contributed by atoms with Crippen molar-refractivity contribution in [1.29, 1.82) is 0 Å². The number of methoxy groups -OCH3 is 1. The molecule has 0 bridgehead atoms. The van der Waals surface area contributed by atoms with E-state index in [0.29, 0.717) is 33.8 Å². The lowest BCUT2D eigenvalue weighted by Crippen LogP contribution is -2.12. The van der Waals surface area contributed by atoms with Gasteiger partial charge >= 0.3 is 11.9 Å². The molecule has 0 unspecified atom stereocenters. The van der Waals surface area contributed by atoms with Crippen LogP contribution in [0.15, 0.2) is 78.9 Å². The van der Waals surface area contributed by atoms with Crippen molar-refractivity contribution in [3.8, 4) is 16.9 Å². The Morgan fingerprint density at radius 3 is 2.33 bits per heavy atom. The van der Waals surface area contributed by atoms with Crippen molar-refractivity contribution in [2.24, 2.45) is 0 Å². The van der Waals surface area contributed by atoms with Crippen LogP contribution in [0, 0.1) is 5.82 Å². The number of carbonyl (C=O) groups excluding carboxylic acids is 3. The standard InChI is InChI=1S/C27H22FN3O5/c1-3-36-27(34)23-16-24(31(30-23)22-9-5-7-20(28)15-22)19-6-4-8-21(14-19)29-25(32)17-10-12-18(13-11-17)26(33)35-2/h4-16H,3H2,1-2H3,(H,29,32). The van der Waals surface area contributed by atoms with E-state index < -0.39 is 17.8 Å². The van der Waals surface area contributed by atoms with Crippen LogP contribution >= 0.6 is 0 Å². The van der Waals surface area contributed by atoms with Gasteiger partial charge in [-0.1, -0.05) is 18.2 Å². The first-order valence-corrected chi connectivity index (χ1v) is 11.0.